The van der Waals surface area contributed by atoms with E-state index in [2.05, 4.69) is 5.32 Å². The van der Waals surface area contributed by atoms with Gasteiger partial charge in [0.25, 0.3) is 0 Å². The van der Waals surface area contributed by atoms with Gasteiger partial charge < -0.3 is 15.1 Å². The Morgan fingerprint density at radius 1 is 1.26 bits per heavy atom. The van der Waals surface area contributed by atoms with Crippen molar-refractivity contribution in [3.63, 3.8) is 0 Å². The van der Waals surface area contributed by atoms with E-state index in [4.69, 9.17) is 0 Å². The SMILES string of the molecule is O=C1CNCCN1CC(=O)N1Cc2cccc(C(F)(F)F)c2C1. The lowest BCUT2D eigenvalue weighted by molar-refractivity contribution is -0.142. The highest BCUT2D eigenvalue weighted by molar-refractivity contribution is 5.86. The first-order valence-electron chi connectivity index (χ1n) is 7.30. The summed E-state index contributed by atoms with van der Waals surface area (Å²) in [5, 5.41) is 2.90. The second kappa shape index (κ2) is 5.84. The number of hydrogen-bond donors (Lipinski definition) is 1. The number of carbonyl (C=O) groups is 2. The average Bonchev–Trinajstić information content (AvgIpc) is 2.92. The fourth-order valence-corrected chi connectivity index (χ4v) is 2.94. The summed E-state index contributed by atoms with van der Waals surface area (Å²) < 4.78 is 39.1. The number of nitrogens with zero attached hydrogens (tertiary/aromatic N) is 2. The molecule has 5 nitrogen and oxygen atoms in total. The minimum atomic E-state index is -4.43. The third kappa shape index (κ3) is 3.17. The van der Waals surface area contributed by atoms with Crippen molar-refractivity contribution in [3.8, 4) is 0 Å². The van der Waals surface area contributed by atoms with Gasteiger partial charge in [-0.25, -0.2) is 0 Å². The number of carbonyl (C=O) groups excluding carboxylic acids is 2. The molecule has 124 valence electrons. The molecule has 2 aliphatic rings. The predicted octanol–water partition coefficient (Wildman–Crippen LogP) is 0.979. The molecule has 0 atom stereocenters. The summed E-state index contributed by atoms with van der Waals surface area (Å²) in [6, 6.07) is 4.00. The van der Waals surface area contributed by atoms with Crippen LogP contribution < -0.4 is 5.32 Å². The number of rotatable bonds is 2. The summed E-state index contributed by atoms with van der Waals surface area (Å²) in [6.45, 7) is 1.22. The highest BCUT2D eigenvalue weighted by atomic mass is 19.4. The molecule has 2 heterocycles. The van der Waals surface area contributed by atoms with Crippen molar-refractivity contribution >= 4 is 11.8 Å². The van der Waals surface area contributed by atoms with E-state index in [0.717, 1.165) is 6.07 Å². The molecule has 0 radical (unpaired) electrons. The van der Waals surface area contributed by atoms with Crippen LogP contribution in [0.15, 0.2) is 18.2 Å². The van der Waals surface area contributed by atoms with Crippen molar-refractivity contribution in [2.45, 2.75) is 19.3 Å². The number of alkyl halides is 3. The normalized spacial score (nSPS) is 18.3. The zero-order valence-corrected chi connectivity index (χ0v) is 12.3. The van der Waals surface area contributed by atoms with Gasteiger partial charge in [0.1, 0.15) is 0 Å². The lowest BCUT2D eigenvalue weighted by atomic mass is 10.0. The lowest BCUT2D eigenvalue weighted by Crippen LogP contribution is -2.51. The highest BCUT2D eigenvalue weighted by Gasteiger charge is 2.37. The Morgan fingerprint density at radius 2 is 2.04 bits per heavy atom. The predicted molar refractivity (Wildman–Crippen MR) is 75.1 cm³/mol. The number of amides is 2. The van der Waals surface area contributed by atoms with Gasteiger partial charge in [-0.1, -0.05) is 12.1 Å². The third-order valence-corrected chi connectivity index (χ3v) is 4.15. The van der Waals surface area contributed by atoms with E-state index in [9.17, 15) is 22.8 Å². The monoisotopic (exact) mass is 327 g/mol. The molecule has 0 aromatic heterocycles. The molecule has 1 aromatic carbocycles. The van der Waals surface area contributed by atoms with Crippen molar-refractivity contribution in [1.82, 2.24) is 15.1 Å². The molecule has 0 bridgehead atoms. The quantitative estimate of drug-likeness (QED) is 0.881. The van der Waals surface area contributed by atoms with Crippen molar-refractivity contribution in [2.75, 3.05) is 26.2 Å². The molecular formula is C15H16F3N3O2. The van der Waals surface area contributed by atoms with E-state index in [1.54, 1.807) is 6.07 Å². The topological polar surface area (TPSA) is 52.7 Å². The van der Waals surface area contributed by atoms with Gasteiger partial charge >= 0.3 is 6.18 Å². The van der Waals surface area contributed by atoms with Crippen LogP contribution in [0.4, 0.5) is 13.2 Å². The number of halogens is 3. The molecule has 0 unspecified atom stereocenters. The second-order valence-electron chi connectivity index (χ2n) is 5.68. The van der Waals surface area contributed by atoms with Crippen molar-refractivity contribution in [1.29, 1.82) is 0 Å². The molecule has 1 saturated heterocycles. The molecule has 0 spiro atoms. The molecule has 3 rings (SSSR count). The van der Waals surface area contributed by atoms with Crippen LogP contribution in [0.3, 0.4) is 0 Å². The minimum absolute atomic E-state index is 0.0653. The summed E-state index contributed by atoms with van der Waals surface area (Å²) >= 11 is 0. The Hall–Kier alpha value is -2.09. The van der Waals surface area contributed by atoms with Crippen molar-refractivity contribution in [2.24, 2.45) is 0 Å². The maximum absolute atomic E-state index is 13.0. The number of benzene rings is 1. The summed E-state index contributed by atoms with van der Waals surface area (Å²) in [5.41, 5.74) is -0.0247. The zero-order chi connectivity index (χ0) is 16.6. The van der Waals surface area contributed by atoms with Crippen LogP contribution in [0.5, 0.6) is 0 Å². The van der Waals surface area contributed by atoms with Gasteiger partial charge in [-0.05, 0) is 17.2 Å². The molecule has 1 fully saturated rings. The number of piperazine rings is 1. The molecular weight excluding hydrogens is 311 g/mol. The van der Waals surface area contributed by atoms with Gasteiger partial charge in [0.15, 0.2) is 0 Å². The van der Waals surface area contributed by atoms with Crippen LogP contribution in [-0.4, -0.2) is 47.8 Å². The summed E-state index contributed by atoms with van der Waals surface area (Å²) in [7, 11) is 0. The first-order valence-corrected chi connectivity index (χ1v) is 7.30. The van der Waals surface area contributed by atoms with E-state index >= 15 is 0 Å². The van der Waals surface area contributed by atoms with E-state index in [-0.39, 0.29) is 43.6 Å². The molecule has 2 aliphatic heterocycles. The maximum Gasteiger partial charge on any atom is 0.416 e. The lowest BCUT2D eigenvalue weighted by Gasteiger charge is -2.28. The molecule has 1 N–H and O–H groups in total. The zero-order valence-electron chi connectivity index (χ0n) is 12.3. The Bertz CT molecular complexity index is 645. The summed E-state index contributed by atoms with van der Waals surface area (Å²) in [5.74, 6) is -0.498. The van der Waals surface area contributed by atoms with Gasteiger partial charge in [0, 0.05) is 26.2 Å². The van der Waals surface area contributed by atoms with Crippen LogP contribution in [0.1, 0.15) is 16.7 Å². The first-order chi connectivity index (χ1) is 10.9. The van der Waals surface area contributed by atoms with Gasteiger partial charge in [-0.15, -0.1) is 0 Å². The third-order valence-electron chi connectivity index (χ3n) is 4.15. The number of fused-ring (bicyclic) bond motifs is 1. The highest BCUT2D eigenvalue weighted by Crippen LogP contribution is 2.36. The van der Waals surface area contributed by atoms with Crippen LogP contribution in [0.2, 0.25) is 0 Å². The largest absolute Gasteiger partial charge is 0.416 e. The van der Waals surface area contributed by atoms with E-state index in [1.165, 1.54) is 15.9 Å². The van der Waals surface area contributed by atoms with Crippen molar-refractivity contribution < 1.29 is 22.8 Å². The minimum Gasteiger partial charge on any atom is -0.332 e. The van der Waals surface area contributed by atoms with Gasteiger partial charge in [0.2, 0.25) is 11.8 Å². The Morgan fingerprint density at radius 3 is 2.74 bits per heavy atom. The number of nitrogens with one attached hydrogen (secondary N) is 1. The molecule has 0 aliphatic carbocycles. The Kier molecular flexibility index (Phi) is 4.01. The standard InChI is InChI=1S/C15H16F3N3O2/c16-15(17,18)12-3-1-2-10-7-21(8-11(10)12)14(23)9-20-5-4-19-6-13(20)22/h1-3,19H,4-9H2. The Labute approximate surface area is 131 Å². The van der Waals surface area contributed by atoms with Crippen LogP contribution >= 0.6 is 0 Å². The van der Waals surface area contributed by atoms with Crippen molar-refractivity contribution in [3.05, 3.63) is 34.9 Å². The average molecular weight is 327 g/mol. The van der Waals surface area contributed by atoms with Crippen LogP contribution in [-0.2, 0) is 28.9 Å². The molecule has 23 heavy (non-hydrogen) atoms. The van der Waals surface area contributed by atoms with E-state index in [1.807, 2.05) is 0 Å². The van der Waals surface area contributed by atoms with Crippen LogP contribution in [0.25, 0.3) is 0 Å². The fourth-order valence-electron chi connectivity index (χ4n) is 2.94. The molecule has 0 saturated carbocycles. The molecule has 1 aromatic rings. The smallest absolute Gasteiger partial charge is 0.332 e. The number of hydrogen-bond acceptors (Lipinski definition) is 3. The summed E-state index contributed by atoms with van der Waals surface area (Å²) in [6.07, 6.45) is -4.43. The molecule has 8 heteroatoms. The van der Waals surface area contributed by atoms with Gasteiger partial charge in [-0.3, -0.25) is 9.59 Å². The summed E-state index contributed by atoms with van der Waals surface area (Å²) in [4.78, 5) is 26.8. The molecule has 2 amide bonds. The Balaban J connectivity index is 1.72. The van der Waals surface area contributed by atoms with E-state index < -0.39 is 11.7 Å². The van der Waals surface area contributed by atoms with Gasteiger partial charge in [0.05, 0.1) is 18.7 Å². The fraction of sp³-hybridized carbons (Fsp3) is 0.467. The maximum atomic E-state index is 13.0. The first kappa shape index (κ1) is 15.8. The van der Waals surface area contributed by atoms with Crippen LogP contribution in [0, 0.1) is 0 Å². The second-order valence-corrected chi connectivity index (χ2v) is 5.68. The van der Waals surface area contributed by atoms with Gasteiger partial charge in [-0.2, -0.15) is 13.2 Å². The van der Waals surface area contributed by atoms with E-state index in [0.29, 0.717) is 18.7 Å².